The average molecular weight is 1350 g/mol. The molecule has 0 fully saturated rings. The summed E-state index contributed by atoms with van der Waals surface area (Å²) in [5.74, 6) is 0. The Labute approximate surface area is 614 Å². The summed E-state index contributed by atoms with van der Waals surface area (Å²) in [7, 11) is 0. The molecule has 4 heterocycles. The molecule has 0 aliphatic rings. The first-order chi connectivity index (χ1) is 52.6. The monoisotopic (exact) mass is 1350 g/mol. The van der Waals surface area contributed by atoms with Crippen molar-refractivity contribution in [1.82, 2.24) is 18.3 Å². The van der Waals surface area contributed by atoms with Crippen LogP contribution in [0.1, 0.15) is 0 Å². The second-order valence-corrected chi connectivity index (χ2v) is 27.6. The minimum Gasteiger partial charge on any atom is -0.309 e. The van der Waals surface area contributed by atoms with Gasteiger partial charge in [-0.3, -0.25) is 0 Å². The molecule has 4 aromatic heterocycles. The maximum Gasteiger partial charge on any atom is 0.0541 e. The van der Waals surface area contributed by atoms with E-state index in [2.05, 4.69) is 431 Å². The fourth-order valence-electron chi connectivity index (χ4n) is 16.4. The van der Waals surface area contributed by atoms with E-state index in [-0.39, 0.29) is 0 Å². The number of hydrogen-bond donors (Lipinski definition) is 0. The predicted molar refractivity (Wildman–Crippen MR) is 448 cm³/mol. The molecule has 21 rings (SSSR count). The molecule has 0 saturated heterocycles. The molecule has 21 aromatic rings. The molecular formula is C102H68N4. The molecule has 0 spiro atoms. The van der Waals surface area contributed by atoms with E-state index in [1.54, 1.807) is 0 Å². The van der Waals surface area contributed by atoms with Gasteiger partial charge in [0.1, 0.15) is 0 Å². The molecule has 17 aromatic carbocycles. The Bertz CT molecular complexity index is 6660. The van der Waals surface area contributed by atoms with Gasteiger partial charge in [-0.25, -0.2) is 0 Å². The van der Waals surface area contributed by atoms with Gasteiger partial charge in [0.25, 0.3) is 0 Å². The van der Waals surface area contributed by atoms with Gasteiger partial charge in [-0.05, 0) is 199 Å². The molecule has 0 saturated carbocycles. The van der Waals surface area contributed by atoms with Crippen molar-refractivity contribution >= 4 is 87.2 Å². The van der Waals surface area contributed by atoms with Crippen molar-refractivity contribution in [2.75, 3.05) is 0 Å². The maximum atomic E-state index is 2.40. The third-order valence-electron chi connectivity index (χ3n) is 21.5. The zero-order valence-electron chi connectivity index (χ0n) is 58.0. The topological polar surface area (TPSA) is 19.7 Å². The summed E-state index contributed by atoms with van der Waals surface area (Å²) in [6.07, 6.45) is 0. The minimum absolute atomic E-state index is 1.16. The van der Waals surface area contributed by atoms with Crippen LogP contribution in [0.25, 0.3) is 188 Å². The lowest BCUT2D eigenvalue weighted by Gasteiger charge is -2.11. The lowest BCUT2D eigenvalue weighted by atomic mass is 9.98. The average Bonchev–Trinajstić information content (AvgIpc) is 1.61. The Hall–Kier alpha value is -14.1. The molecule has 0 aliphatic heterocycles. The van der Waals surface area contributed by atoms with E-state index in [1.165, 1.54) is 171 Å². The summed E-state index contributed by atoms with van der Waals surface area (Å²) in [4.78, 5) is 0. The number of benzene rings is 17. The van der Waals surface area contributed by atoms with Crippen molar-refractivity contribution in [2.24, 2.45) is 0 Å². The third kappa shape index (κ3) is 10.9. The molecular weight excluding hydrogens is 1280 g/mol. The van der Waals surface area contributed by atoms with E-state index in [0.717, 1.165) is 17.1 Å². The van der Waals surface area contributed by atoms with Crippen molar-refractivity contribution in [3.63, 3.8) is 0 Å². The Morgan fingerprint density at radius 3 is 0.613 bits per heavy atom. The van der Waals surface area contributed by atoms with Gasteiger partial charge in [0.2, 0.25) is 0 Å². The van der Waals surface area contributed by atoms with Crippen LogP contribution in [0.5, 0.6) is 0 Å². The highest BCUT2D eigenvalue weighted by Crippen LogP contribution is 2.42. The second kappa shape index (κ2) is 26.1. The fraction of sp³-hybridized carbons (Fsp3) is 0. The van der Waals surface area contributed by atoms with E-state index in [9.17, 15) is 0 Å². The number of hydrogen-bond acceptors (Lipinski definition) is 0. The largest absolute Gasteiger partial charge is 0.309 e. The SMILES string of the molecule is c1ccc(-c2ccc(-n3c4ccccc4c4cc(-c5ccc(-c6ccc7c(c6)c6ccccc6n7-c6ccccc6)cc5)ccc43)cc2)cc1.c1ccc(-c2cccc(-n3c4ccccc4c4cc(-c5ccc(-c6ccc7c(c6)c6ccccc6n7-c6cccc(-c7ccccc7)c6)cc5)ccc43)c2)cc1. The first kappa shape index (κ1) is 61.8. The van der Waals surface area contributed by atoms with E-state index < -0.39 is 0 Å². The van der Waals surface area contributed by atoms with Crippen LogP contribution in [0, 0.1) is 0 Å². The van der Waals surface area contributed by atoms with Crippen LogP contribution >= 0.6 is 0 Å². The summed E-state index contributed by atoms with van der Waals surface area (Å²) in [6, 6.07) is 150. The molecule has 496 valence electrons. The number of fused-ring (bicyclic) bond motifs is 12. The molecule has 0 N–H and O–H groups in total. The molecule has 0 aliphatic carbocycles. The van der Waals surface area contributed by atoms with Gasteiger partial charge in [-0.2, -0.15) is 0 Å². The smallest absolute Gasteiger partial charge is 0.0541 e. The fourth-order valence-corrected chi connectivity index (χ4v) is 16.4. The van der Waals surface area contributed by atoms with Crippen molar-refractivity contribution in [2.45, 2.75) is 0 Å². The normalized spacial score (nSPS) is 11.6. The van der Waals surface area contributed by atoms with Gasteiger partial charge in [0.05, 0.1) is 44.1 Å². The van der Waals surface area contributed by atoms with Gasteiger partial charge < -0.3 is 18.3 Å². The van der Waals surface area contributed by atoms with Crippen LogP contribution in [0.3, 0.4) is 0 Å². The zero-order chi connectivity index (χ0) is 70.0. The summed E-state index contributed by atoms with van der Waals surface area (Å²) in [5.41, 5.74) is 31.4. The highest BCUT2D eigenvalue weighted by atomic mass is 15.0. The van der Waals surface area contributed by atoms with Crippen LogP contribution in [-0.2, 0) is 0 Å². The maximum absolute atomic E-state index is 2.40. The molecule has 0 radical (unpaired) electrons. The molecule has 0 bridgehead atoms. The highest BCUT2D eigenvalue weighted by Gasteiger charge is 2.20. The second-order valence-electron chi connectivity index (χ2n) is 27.6. The summed E-state index contributed by atoms with van der Waals surface area (Å²) in [6.45, 7) is 0. The highest BCUT2D eigenvalue weighted by molar-refractivity contribution is 6.14. The molecule has 0 atom stereocenters. The van der Waals surface area contributed by atoms with Crippen LogP contribution in [0.4, 0.5) is 0 Å². The van der Waals surface area contributed by atoms with Crippen molar-refractivity contribution < 1.29 is 0 Å². The summed E-state index contributed by atoms with van der Waals surface area (Å²) in [5, 5.41) is 10.1. The predicted octanol–water partition coefficient (Wildman–Crippen LogP) is 27.4. The zero-order valence-corrected chi connectivity index (χ0v) is 58.0. The van der Waals surface area contributed by atoms with Crippen LogP contribution < -0.4 is 0 Å². The third-order valence-corrected chi connectivity index (χ3v) is 21.5. The van der Waals surface area contributed by atoms with E-state index >= 15 is 0 Å². The lowest BCUT2D eigenvalue weighted by molar-refractivity contribution is 1.18. The Morgan fingerprint density at radius 1 is 0.104 bits per heavy atom. The van der Waals surface area contributed by atoms with E-state index in [0.29, 0.717) is 0 Å². The minimum atomic E-state index is 1.16. The Balaban J connectivity index is 0.000000141. The number of para-hydroxylation sites is 5. The van der Waals surface area contributed by atoms with E-state index in [1.807, 2.05) is 0 Å². The van der Waals surface area contributed by atoms with Crippen molar-refractivity contribution in [3.05, 3.63) is 413 Å². The first-order valence-electron chi connectivity index (χ1n) is 36.4. The lowest BCUT2D eigenvalue weighted by Crippen LogP contribution is -1.94. The van der Waals surface area contributed by atoms with Gasteiger partial charge in [0, 0.05) is 65.8 Å². The Kier molecular flexibility index (Phi) is 15.2. The first-order valence-corrected chi connectivity index (χ1v) is 36.4. The van der Waals surface area contributed by atoms with Crippen molar-refractivity contribution in [1.29, 1.82) is 0 Å². The molecule has 4 nitrogen and oxygen atoms in total. The summed E-state index contributed by atoms with van der Waals surface area (Å²) < 4.78 is 9.55. The van der Waals surface area contributed by atoms with Crippen LogP contribution in [-0.4, -0.2) is 18.3 Å². The number of nitrogens with zero attached hydrogens (tertiary/aromatic N) is 4. The molecule has 106 heavy (non-hydrogen) atoms. The van der Waals surface area contributed by atoms with Crippen LogP contribution in [0.2, 0.25) is 0 Å². The van der Waals surface area contributed by atoms with E-state index in [4.69, 9.17) is 0 Å². The van der Waals surface area contributed by atoms with Gasteiger partial charge in [-0.1, -0.05) is 291 Å². The van der Waals surface area contributed by atoms with Gasteiger partial charge >= 0.3 is 0 Å². The molecule has 0 unspecified atom stereocenters. The molecule has 4 heteroatoms. The van der Waals surface area contributed by atoms with Crippen molar-refractivity contribution in [3.8, 4) is 101 Å². The number of aromatic nitrogens is 4. The van der Waals surface area contributed by atoms with Crippen LogP contribution in [0.15, 0.2) is 413 Å². The van der Waals surface area contributed by atoms with Gasteiger partial charge in [0.15, 0.2) is 0 Å². The van der Waals surface area contributed by atoms with Gasteiger partial charge in [-0.15, -0.1) is 0 Å². The summed E-state index contributed by atoms with van der Waals surface area (Å²) >= 11 is 0. The quantitative estimate of drug-likeness (QED) is 0.123. The number of rotatable bonds is 11. The standard InChI is InChI=1S/C54H36N2.C48H32N2/c1-3-13-37(14-4-1)41-17-11-19-45(33-41)55-51-23-9-7-21-47(51)49-35-43(29-31-53(49)55)39-25-27-40(28-26-39)44-30-32-54-50(36-44)48-22-8-10-24-52(48)56(54)46-20-12-18-42(34-46)38-15-5-2-6-16-38;1-3-11-33(12-4-1)34-23-27-40(28-24-34)50-46-18-10-8-16-42(46)44-32-38(26-30-48(44)50)36-21-19-35(20-22-36)37-25-29-47-43(31-37)41-15-7-9-17-45(41)49(47)39-13-5-2-6-14-39/h1-36H;1-32H. The molecule has 0 amide bonds. The Morgan fingerprint density at radius 2 is 0.292 bits per heavy atom.